The first-order valence-electron chi connectivity index (χ1n) is 6.53. The number of nitrogens with zero attached hydrogens (tertiary/aromatic N) is 3. The Hall–Kier alpha value is -2.50. The topological polar surface area (TPSA) is 94.9 Å². The molecule has 1 aliphatic rings. The molecule has 2 N–H and O–H groups in total. The number of hydrogen-bond acceptors (Lipinski definition) is 5. The largest absolute Gasteiger partial charge is 0.368 e. The minimum atomic E-state index is -0.466. The summed E-state index contributed by atoms with van der Waals surface area (Å²) in [5, 5.41) is 11.2. The second kappa shape index (κ2) is 4.88. The standard InChI is InChI=1S/C14H14N4O2/c15-14-16-8-12(18(19)20)13(17-14)11-7-2-1-6-10(11)9-4-3-5-9/h1-2,6-9H,3-5H2,(H2,15,16,17). The quantitative estimate of drug-likeness (QED) is 0.683. The highest BCUT2D eigenvalue weighted by atomic mass is 16.6. The van der Waals surface area contributed by atoms with E-state index in [2.05, 4.69) is 9.97 Å². The summed E-state index contributed by atoms with van der Waals surface area (Å²) in [7, 11) is 0. The Morgan fingerprint density at radius 1 is 1.30 bits per heavy atom. The number of nitrogen functional groups attached to an aromatic ring is 1. The molecule has 6 heteroatoms. The highest BCUT2D eigenvalue weighted by molar-refractivity contribution is 5.73. The fourth-order valence-electron chi connectivity index (χ4n) is 2.51. The normalized spacial score (nSPS) is 14.8. The van der Waals surface area contributed by atoms with Gasteiger partial charge in [0, 0.05) is 5.56 Å². The minimum absolute atomic E-state index is 0.0500. The van der Waals surface area contributed by atoms with E-state index in [0.29, 0.717) is 11.6 Å². The molecule has 2 aromatic rings. The number of nitro groups is 1. The Morgan fingerprint density at radius 3 is 2.70 bits per heavy atom. The van der Waals surface area contributed by atoms with Gasteiger partial charge >= 0.3 is 5.69 Å². The number of hydrogen-bond donors (Lipinski definition) is 1. The molecule has 0 atom stereocenters. The average molecular weight is 270 g/mol. The smallest absolute Gasteiger partial charge is 0.313 e. The molecular formula is C14H14N4O2. The third-order valence-corrected chi connectivity index (χ3v) is 3.75. The molecule has 1 heterocycles. The second-order valence-corrected chi connectivity index (χ2v) is 4.93. The van der Waals surface area contributed by atoms with Gasteiger partial charge in [-0.25, -0.2) is 9.97 Å². The van der Waals surface area contributed by atoms with Crippen LogP contribution in [-0.4, -0.2) is 14.9 Å². The van der Waals surface area contributed by atoms with Gasteiger partial charge in [-0.2, -0.15) is 0 Å². The van der Waals surface area contributed by atoms with Gasteiger partial charge in [-0.15, -0.1) is 0 Å². The predicted octanol–water partition coefficient (Wildman–Crippen LogP) is 2.90. The van der Waals surface area contributed by atoms with Crippen LogP contribution in [0.3, 0.4) is 0 Å². The van der Waals surface area contributed by atoms with Crippen LogP contribution in [0.2, 0.25) is 0 Å². The van der Waals surface area contributed by atoms with Gasteiger partial charge in [0.15, 0.2) is 5.69 Å². The van der Waals surface area contributed by atoms with Crippen molar-refractivity contribution in [1.29, 1.82) is 0 Å². The average Bonchev–Trinajstić information content (AvgIpc) is 2.37. The highest BCUT2D eigenvalue weighted by Crippen LogP contribution is 2.42. The zero-order chi connectivity index (χ0) is 14.1. The Balaban J connectivity index is 2.18. The lowest BCUT2D eigenvalue weighted by atomic mass is 9.77. The van der Waals surface area contributed by atoms with Crippen LogP contribution in [0.5, 0.6) is 0 Å². The summed E-state index contributed by atoms with van der Waals surface area (Å²) in [6.07, 6.45) is 4.61. The van der Waals surface area contributed by atoms with E-state index in [1.807, 2.05) is 24.3 Å². The molecule has 0 aliphatic heterocycles. The number of rotatable bonds is 3. The maximum Gasteiger partial charge on any atom is 0.313 e. The molecule has 1 saturated carbocycles. The summed E-state index contributed by atoms with van der Waals surface area (Å²) >= 11 is 0. The van der Waals surface area contributed by atoms with E-state index >= 15 is 0 Å². The molecular weight excluding hydrogens is 256 g/mol. The zero-order valence-corrected chi connectivity index (χ0v) is 10.8. The van der Waals surface area contributed by atoms with Crippen molar-refractivity contribution in [3.05, 3.63) is 46.1 Å². The van der Waals surface area contributed by atoms with Crippen molar-refractivity contribution in [3.63, 3.8) is 0 Å². The number of anilines is 1. The molecule has 0 spiro atoms. The number of aromatic nitrogens is 2. The summed E-state index contributed by atoms with van der Waals surface area (Å²) in [6, 6.07) is 7.69. The van der Waals surface area contributed by atoms with Gasteiger partial charge in [-0.3, -0.25) is 10.1 Å². The molecule has 0 bridgehead atoms. The molecule has 0 radical (unpaired) electrons. The maximum atomic E-state index is 11.2. The first-order chi connectivity index (χ1) is 9.66. The van der Waals surface area contributed by atoms with E-state index in [1.165, 1.54) is 12.6 Å². The molecule has 0 saturated heterocycles. The van der Waals surface area contributed by atoms with E-state index in [0.717, 1.165) is 24.0 Å². The minimum Gasteiger partial charge on any atom is -0.368 e. The lowest BCUT2D eigenvalue weighted by Crippen LogP contribution is -2.11. The number of nitrogens with two attached hydrogens (primary N) is 1. The van der Waals surface area contributed by atoms with Crippen molar-refractivity contribution in [2.75, 3.05) is 5.73 Å². The summed E-state index contributed by atoms with van der Waals surface area (Å²) in [6.45, 7) is 0. The fourth-order valence-corrected chi connectivity index (χ4v) is 2.51. The van der Waals surface area contributed by atoms with Gasteiger partial charge in [0.25, 0.3) is 0 Å². The molecule has 6 nitrogen and oxygen atoms in total. The molecule has 3 rings (SSSR count). The van der Waals surface area contributed by atoms with Crippen LogP contribution in [-0.2, 0) is 0 Å². The van der Waals surface area contributed by atoms with Crippen LogP contribution in [0.25, 0.3) is 11.3 Å². The Morgan fingerprint density at radius 2 is 2.05 bits per heavy atom. The van der Waals surface area contributed by atoms with Crippen molar-refractivity contribution in [2.45, 2.75) is 25.2 Å². The lowest BCUT2D eigenvalue weighted by Gasteiger charge is -2.27. The molecule has 1 fully saturated rings. The van der Waals surface area contributed by atoms with Gasteiger partial charge in [-0.05, 0) is 24.3 Å². The SMILES string of the molecule is Nc1ncc([N+](=O)[O-])c(-c2ccccc2C2CCC2)n1. The van der Waals surface area contributed by atoms with Gasteiger partial charge < -0.3 is 5.73 Å². The van der Waals surface area contributed by atoms with E-state index in [9.17, 15) is 10.1 Å². The summed E-state index contributed by atoms with van der Waals surface area (Å²) < 4.78 is 0. The summed E-state index contributed by atoms with van der Waals surface area (Å²) in [5.41, 5.74) is 7.70. The Bertz CT molecular complexity index is 668. The third-order valence-electron chi connectivity index (χ3n) is 3.75. The highest BCUT2D eigenvalue weighted by Gasteiger charge is 2.26. The lowest BCUT2D eigenvalue weighted by molar-refractivity contribution is -0.384. The fraction of sp³-hybridized carbons (Fsp3) is 0.286. The van der Waals surface area contributed by atoms with E-state index in [4.69, 9.17) is 5.73 Å². The summed E-state index contributed by atoms with van der Waals surface area (Å²) in [4.78, 5) is 18.5. The van der Waals surface area contributed by atoms with Gasteiger partial charge in [0.2, 0.25) is 5.95 Å². The van der Waals surface area contributed by atoms with Crippen molar-refractivity contribution in [3.8, 4) is 11.3 Å². The van der Waals surface area contributed by atoms with Gasteiger partial charge in [-0.1, -0.05) is 30.7 Å². The molecule has 1 aromatic heterocycles. The van der Waals surface area contributed by atoms with Gasteiger partial charge in [0.1, 0.15) is 6.20 Å². The summed E-state index contributed by atoms with van der Waals surface area (Å²) in [5.74, 6) is 0.510. The van der Waals surface area contributed by atoms with Crippen LogP contribution >= 0.6 is 0 Å². The van der Waals surface area contributed by atoms with Crippen molar-refractivity contribution >= 4 is 11.6 Å². The maximum absolute atomic E-state index is 11.2. The third kappa shape index (κ3) is 2.09. The molecule has 1 aliphatic carbocycles. The first-order valence-corrected chi connectivity index (χ1v) is 6.53. The second-order valence-electron chi connectivity index (χ2n) is 4.93. The molecule has 20 heavy (non-hydrogen) atoms. The van der Waals surface area contributed by atoms with E-state index in [1.54, 1.807) is 0 Å². The van der Waals surface area contributed by atoms with Crippen LogP contribution < -0.4 is 5.73 Å². The Kier molecular flexibility index (Phi) is 3.06. The first kappa shape index (κ1) is 12.5. The van der Waals surface area contributed by atoms with Gasteiger partial charge in [0.05, 0.1) is 4.92 Å². The van der Waals surface area contributed by atoms with Crippen molar-refractivity contribution in [2.24, 2.45) is 0 Å². The Labute approximate surface area is 115 Å². The van der Waals surface area contributed by atoms with Crippen LogP contribution in [0.15, 0.2) is 30.5 Å². The zero-order valence-electron chi connectivity index (χ0n) is 10.8. The molecule has 102 valence electrons. The van der Waals surface area contributed by atoms with Crippen molar-refractivity contribution in [1.82, 2.24) is 9.97 Å². The molecule has 1 aromatic carbocycles. The predicted molar refractivity (Wildman–Crippen MR) is 75.1 cm³/mol. The van der Waals surface area contributed by atoms with E-state index in [-0.39, 0.29) is 11.6 Å². The van der Waals surface area contributed by atoms with Crippen LogP contribution in [0.4, 0.5) is 11.6 Å². The number of benzene rings is 1. The van der Waals surface area contributed by atoms with E-state index < -0.39 is 4.92 Å². The van der Waals surface area contributed by atoms with Crippen LogP contribution in [0, 0.1) is 10.1 Å². The van der Waals surface area contributed by atoms with Crippen LogP contribution in [0.1, 0.15) is 30.7 Å². The molecule has 0 unspecified atom stereocenters. The monoisotopic (exact) mass is 270 g/mol. The van der Waals surface area contributed by atoms with Crippen molar-refractivity contribution < 1.29 is 4.92 Å². The molecule has 0 amide bonds.